The van der Waals surface area contributed by atoms with E-state index in [1.165, 1.54) is 4.90 Å². The van der Waals surface area contributed by atoms with Crippen LogP contribution in [0.5, 0.6) is 0 Å². The fourth-order valence-electron chi connectivity index (χ4n) is 5.22. The Morgan fingerprint density at radius 1 is 0.889 bits per heavy atom. The number of hydrogen-bond donors (Lipinski definition) is 2. The van der Waals surface area contributed by atoms with E-state index >= 15 is 0 Å². The van der Waals surface area contributed by atoms with Crippen LogP contribution in [-0.4, -0.2) is 46.7 Å². The lowest BCUT2D eigenvalue weighted by Crippen LogP contribution is -2.64. The smallest absolute Gasteiger partial charge is 0.408 e. The molecule has 3 aromatic carbocycles. The van der Waals surface area contributed by atoms with Gasteiger partial charge in [-0.3, -0.25) is 9.59 Å². The second-order valence-corrected chi connectivity index (χ2v) is 9.43. The normalized spacial score (nSPS) is 15.2. The minimum Gasteiger partial charge on any atom is -0.480 e. The Morgan fingerprint density at radius 2 is 1.47 bits per heavy atom. The van der Waals surface area contributed by atoms with Crippen LogP contribution in [0.3, 0.4) is 0 Å². The van der Waals surface area contributed by atoms with E-state index in [4.69, 9.17) is 4.74 Å². The van der Waals surface area contributed by atoms with Crippen molar-refractivity contribution in [2.45, 2.75) is 37.3 Å². The average Bonchev–Trinajstić information content (AvgIpc) is 3.18. The summed E-state index contributed by atoms with van der Waals surface area (Å²) in [5, 5.41) is 12.2. The topological polar surface area (TPSA) is 95.9 Å². The highest BCUT2D eigenvalue weighted by molar-refractivity contribution is 5.92. The first-order valence-corrected chi connectivity index (χ1v) is 12.2. The van der Waals surface area contributed by atoms with Gasteiger partial charge in [-0.25, -0.2) is 4.79 Å². The van der Waals surface area contributed by atoms with Gasteiger partial charge in [-0.1, -0.05) is 78.9 Å². The lowest BCUT2D eigenvalue weighted by Gasteiger charge is -2.43. The van der Waals surface area contributed by atoms with Gasteiger partial charge in [0, 0.05) is 12.5 Å². The number of carboxylic acid groups (broad SMARTS) is 1. The average molecular weight is 485 g/mol. The summed E-state index contributed by atoms with van der Waals surface area (Å²) in [6.07, 6.45) is 0.990. The van der Waals surface area contributed by atoms with Gasteiger partial charge in [0.05, 0.1) is 0 Å². The maximum Gasteiger partial charge on any atom is 0.408 e. The van der Waals surface area contributed by atoms with Gasteiger partial charge < -0.3 is 20.1 Å². The van der Waals surface area contributed by atoms with Crippen LogP contribution >= 0.6 is 0 Å². The van der Waals surface area contributed by atoms with E-state index in [1.807, 2.05) is 66.7 Å². The Bertz CT molecular complexity index is 1240. The van der Waals surface area contributed by atoms with Crippen LogP contribution in [0.25, 0.3) is 11.1 Å². The van der Waals surface area contributed by atoms with E-state index in [9.17, 15) is 19.5 Å². The van der Waals surface area contributed by atoms with Crippen LogP contribution < -0.4 is 5.32 Å². The first-order chi connectivity index (χ1) is 17.5. The Balaban J connectivity index is 1.28. The van der Waals surface area contributed by atoms with Crippen molar-refractivity contribution in [2.24, 2.45) is 0 Å². The van der Waals surface area contributed by atoms with Crippen LogP contribution in [-0.2, 0) is 20.9 Å². The number of carbonyl (C=O) groups excluding carboxylic acids is 2. The molecule has 0 unspecified atom stereocenters. The molecule has 7 nitrogen and oxygen atoms in total. The fourth-order valence-corrected chi connectivity index (χ4v) is 5.22. The van der Waals surface area contributed by atoms with Gasteiger partial charge >= 0.3 is 12.1 Å². The number of carbonyl (C=O) groups is 3. The number of carboxylic acids is 1. The molecule has 0 aliphatic heterocycles. The molecule has 1 fully saturated rings. The van der Waals surface area contributed by atoms with Crippen molar-refractivity contribution in [3.8, 4) is 11.1 Å². The zero-order chi connectivity index (χ0) is 25.1. The number of fused-ring (bicyclic) bond motifs is 3. The Morgan fingerprint density at radius 3 is 2.03 bits per heavy atom. The van der Waals surface area contributed by atoms with Crippen LogP contribution in [0, 0.1) is 0 Å². The van der Waals surface area contributed by atoms with E-state index < -0.39 is 30.1 Å². The molecule has 5 rings (SSSR count). The van der Waals surface area contributed by atoms with Gasteiger partial charge in [-0.05, 0) is 47.1 Å². The zero-order valence-corrected chi connectivity index (χ0v) is 19.9. The fraction of sp³-hybridized carbons (Fsp3) is 0.276. The minimum absolute atomic E-state index is 0.0854. The summed E-state index contributed by atoms with van der Waals surface area (Å²) in [7, 11) is 0. The summed E-state index contributed by atoms with van der Waals surface area (Å²) < 4.78 is 5.66. The monoisotopic (exact) mass is 484 g/mol. The molecule has 36 heavy (non-hydrogen) atoms. The number of benzene rings is 3. The molecule has 1 saturated carbocycles. The molecular formula is C29H28N2O5. The van der Waals surface area contributed by atoms with E-state index in [1.54, 1.807) is 0 Å². The molecule has 0 heterocycles. The number of rotatable bonds is 8. The highest BCUT2D eigenvalue weighted by atomic mass is 16.5. The SMILES string of the molecule is O=C(O)CN(Cc1ccccc1)C(=O)C1(NC(=O)OCC2c3ccccc3-c3ccccc32)CCC1. The molecular weight excluding hydrogens is 456 g/mol. The molecule has 2 N–H and O–H groups in total. The minimum atomic E-state index is -1.15. The van der Waals surface area contributed by atoms with E-state index in [0.717, 1.165) is 34.2 Å². The summed E-state index contributed by atoms with van der Waals surface area (Å²) in [6, 6.07) is 25.4. The van der Waals surface area contributed by atoms with Crippen LogP contribution in [0.1, 0.15) is 41.9 Å². The second kappa shape index (κ2) is 9.85. The van der Waals surface area contributed by atoms with Gasteiger partial charge in [0.25, 0.3) is 0 Å². The maximum absolute atomic E-state index is 13.5. The number of ether oxygens (including phenoxy) is 1. The zero-order valence-electron chi connectivity index (χ0n) is 19.9. The molecule has 0 bridgehead atoms. The van der Waals surface area contributed by atoms with Gasteiger partial charge in [0.15, 0.2) is 0 Å². The van der Waals surface area contributed by atoms with E-state index in [0.29, 0.717) is 12.8 Å². The predicted octanol–water partition coefficient (Wildman–Crippen LogP) is 4.56. The lowest BCUT2D eigenvalue weighted by molar-refractivity contribution is -0.150. The summed E-state index contributed by atoms with van der Waals surface area (Å²) in [5.74, 6) is -1.58. The van der Waals surface area contributed by atoms with Crippen LogP contribution in [0.4, 0.5) is 4.79 Å². The second-order valence-electron chi connectivity index (χ2n) is 9.43. The third-order valence-electron chi connectivity index (χ3n) is 7.13. The third-order valence-corrected chi connectivity index (χ3v) is 7.13. The molecule has 0 radical (unpaired) electrons. The van der Waals surface area contributed by atoms with Gasteiger partial charge in [-0.2, -0.15) is 0 Å². The van der Waals surface area contributed by atoms with Crippen molar-refractivity contribution in [3.05, 3.63) is 95.6 Å². The molecule has 2 amide bonds. The van der Waals surface area contributed by atoms with Crippen molar-refractivity contribution >= 4 is 18.0 Å². The Labute approximate surface area is 209 Å². The highest BCUT2D eigenvalue weighted by Gasteiger charge is 2.48. The van der Waals surface area contributed by atoms with E-state index in [2.05, 4.69) is 17.4 Å². The van der Waals surface area contributed by atoms with E-state index in [-0.39, 0.29) is 19.1 Å². The standard InChI is InChI=1S/C29H28N2O5/c32-26(33)18-31(17-20-9-2-1-3-10-20)27(34)29(15-8-16-29)30-28(35)36-19-25-23-13-6-4-11-21(23)22-12-5-7-14-24(22)25/h1-7,9-14,25H,8,15-19H2,(H,30,35)(H,32,33). The molecule has 0 spiro atoms. The van der Waals surface area contributed by atoms with Gasteiger partial charge in [0.1, 0.15) is 18.7 Å². The van der Waals surface area contributed by atoms with Gasteiger partial charge in [0.2, 0.25) is 5.91 Å². The number of alkyl carbamates (subject to hydrolysis) is 1. The number of hydrogen-bond acceptors (Lipinski definition) is 4. The molecule has 2 aliphatic carbocycles. The molecule has 0 saturated heterocycles. The molecule has 3 aromatic rings. The molecule has 2 aliphatic rings. The maximum atomic E-state index is 13.5. The van der Waals surface area contributed by atoms with Crippen LogP contribution in [0.2, 0.25) is 0 Å². The van der Waals surface area contributed by atoms with Crippen molar-refractivity contribution in [2.75, 3.05) is 13.2 Å². The number of amides is 2. The van der Waals surface area contributed by atoms with Crippen molar-refractivity contribution in [1.29, 1.82) is 0 Å². The van der Waals surface area contributed by atoms with Crippen molar-refractivity contribution in [3.63, 3.8) is 0 Å². The quantitative estimate of drug-likeness (QED) is 0.489. The Kier molecular flexibility index (Phi) is 6.46. The number of nitrogens with one attached hydrogen (secondary N) is 1. The largest absolute Gasteiger partial charge is 0.480 e. The highest BCUT2D eigenvalue weighted by Crippen LogP contribution is 2.44. The Hall–Kier alpha value is -4.13. The first kappa shape index (κ1) is 23.6. The summed E-state index contributed by atoms with van der Waals surface area (Å²) in [4.78, 5) is 39.2. The van der Waals surface area contributed by atoms with Gasteiger partial charge in [-0.15, -0.1) is 0 Å². The third kappa shape index (κ3) is 4.56. The van der Waals surface area contributed by atoms with Crippen molar-refractivity contribution < 1.29 is 24.2 Å². The lowest BCUT2D eigenvalue weighted by atomic mass is 9.75. The first-order valence-electron chi connectivity index (χ1n) is 12.2. The molecule has 7 heteroatoms. The summed E-state index contributed by atoms with van der Waals surface area (Å²) in [5.41, 5.74) is 4.17. The molecule has 0 atom stereocenters. The number of aliphatic carboxylic acids is 1. The van der Waals surface area contributed by atoms with Crippen LogP contribution in [0.15, 0.2) is 78.9 Å². The predicted molar refractivity (Wildman–Crippen MR) is 134 cm³/mol. The molecule has 0 aromatic heterocycles. The number of nitrogens with zero attached hydrogens (tertiary/aromatic N) is 1. The molecule has 184 valence electrons. The van der Waals surface area contributed by atoms with Crippen molar-refractivity contribution in [1.82, 2.24) is 10.2 Å². The summed E-state index contributed by atoms with van der Waals surface area (Å²) in [6.45, 7) is -0.144. The summed E-state index contributed by atoms with van der Waals surface area (Å²) >= 11 is 0.